The first kappa shape index (κ1) is 23.3. The molecule has 1 N–H and O–H groups in total. The van der Waals surface area contributed by atoms with Gasteiger partial charge in [0.15, 0.2) is 6.10 Å². The lowest BCUT2D eigenvalue weighted by Gasteiger charge is -2.29. The van der Waals surface area contributed by atoms with Crippen molar-refractivity contribution in [3.63, 3.8) is 0 Å². The van der Waals surface area contributed by atoms with Gasteiger partial charge in [-0.3, -0.25) is 0 Å². The van der Waals surface area contributed by atoms with Gasteiger partial charge in [0.05, 0.1) is 0 Å². The van der Waals surface area contributed by atoms with Crippen molar-refractivity contribution in [2.45, 2.75) is 96.6 Å². The first-order valence-electron chi connectivity index (χ1n) is 9.22. The Balaban J connectivity index is 4.07. The van der Waals surface area contributed by atoms with Gasteiger partial charge < -0.3 is 14.6 Å². The Kier molecular flexibility index (Phi) is 14.2. The van der Waals surface area contributed by atoms with Crippen LogP contribution in [0.25, 0.3) is 0 Å². The van der Waals surface area contributed by atoms with Crippen LogP contribution in [0.1, 0.15) is 84.5 Å². The quantitative estimate of drug-likeness (QED) is 0.178. The van der Waals surface area contributed by atoms with Crippen LogP contribution < -0.4 is 0 Å². The van der Waals surface area contributed by atoms with Crippen LogP contribution in [-0.2, 0) is 24.0 Å². The van der Waals surface area contributed by atoms with E-state index in [1.807, 2.05) is 6.92 Å². The van der Waals surface area contributed by atoms with E-state index in [0.717, 1.165) is 25.7 Å². The lowest BCUT2D eigenvalue weighted by atomic mass is 10.1. The molecule has 6 nitrogen and oxygen atoms in total. The van der Waals surface area contributed by atoms with Crippen molar-refractivity contribution in [1.82, 2.24) is 0 Å². The highest BCUT2D eigenvalue weighted by atomic mass is 17.3. The molecule has 6 heteroatoms. The summed E-state index contributed by atoms with van der Waals surface area (Å²) in [6.07, 6.45) is 9.86. The van der Waals surface area contributed by atoms with Gasteiger partial charge in [0, 0.05) is 20.6 Å². The highest BCUT2D eigenvalue weighted by molar-refractivity contribution is 5.72. The number of carboxylic acids is 1. The molecule has 144 valence electrons. The SMILES string of the molecule is CCCCCCCCCCC(OOC(CCC)(OC)OC)C(=O)O. The van der Waals surface area contributed by atoms with Crippen molar-refractivity contribution >= 4 is 5.97 Å². The number of methoxy groups -OCH3 is 2. The zero-order chi connectivity index (χ0) is 18.3. The molecule has 0 rings (SSSR count). The minimum absolute atomic E-state index is 0.417. The maximum atomic E-state index is 11.3. The molecule has 0 aromatic heterocycles. The van der Waals surface area contributed by atoms with E-state index in [1.54, 1.807) is 0 Å². The summed E-state index contributed by atoms with van der Waals surface area (Å²) in [6, 6.07) is 0. The number of carboxylic acid groups (broad SMARTS) is 1. The van der Waals surface area contributed by atoms with Gasteiger partial charge in [-0.2, -0.15) is 4.89 Å². The van der Waals surface area contributed by atoms with Crippen molar-refractivity contribution in [1.29, 1.82) is 0 Å². The molecule has 0 aliphatic carbocycles. The second-order valence-electron chi connectivity index (χ2n) is 6.11. The molecule has 0 bridgehead atoms. The smallest absolute Gasteiger partial charge is 0.336 e. The molecular weight excluding hydrogens is 312 g/mol. The van der Waals surface area contributed by atoms with Crippen LogP contribution in [0, 0.1) is 0 Å². The van der Waals surface area contributed by atoms with Gasteiger partial charge in [-0.05, 0) is 12.8 Å². The molecule has 0 saturated heterocycles. The van der Waals surface area contributed by atoms with E-state index in [-0.39, 0.29) is 0 Å². The van der Waals surface area contributed by atoms with Crippen LogP contribution in [-0.4, -0.2) is 37.4 Å². The highest BCUT2D eigenvalue weighted by Crippen LogP contribution is 2.22. The lowest BCUT2D eigenvalue weighted by molar-refractivity contribution is -0.507. The second-order valence-corrected chi connectivity index (χ2v) is 6.11. The van der Waals surface area contributed by atoms with Crippen LogP contribution in [0.4, 0.5) is 0 Å². The number of carbonyl (C=O) groups is 1. The molecule has 0 saturated carbocycles. The molecule has 0 amide bonds. The van der Waals surface area contributed by atoms with Crippen LogP contribution in [0.15, 0.2) is 0 Å². The molecule has 0 aromatic rings. The third-order valence-corrected chi connectivity index (χ3v) is 4.06. The second kappa shape index (κ2) is 14.6. The van der Waals surface area contributed by atoms with Crippen LogP contribution in [0.5, 0.6) is 0 Å². The minimum atomic E-state index is -1.35. The molecule has 0 aliphatic rings. The molecule has 0 aromatic carbocycles. The summed E-state index contributed by atoms with van der Waals surface area (Å²) >= 11 is 0. The van der Waals surface area contributed by atoms with Crippen molar-refractivity contribution in [3.8, 4) is 0 Å². The van der Waals surface area contributed by atoms with E-state index in [1.165, 1.54) is 46.3 Å². The molecule has 0 heterocycles. The highest BCUT2D eigenvalue weighted by Gasteiger charge is 2.34. The zero-order valence-corrected chi connectivity index (χ0v) is 15.8. The number of rotatable bonds is 17. The van der Waals surface area contributed by atoms with Crippen molar-refractivity contribution in [3.05, 3.63) is 0 Å². The molecular formula is C18H36O6. The zero-order valence-electron chi connectivity index (χ0n) is 15.8. The molecule has 0 fully saturated rings. The Hall–Kier alpha value is -0.690. The van der Waals surface area contributed by atoms with Crippen molar-refractivity contribution in [2.24, 2.45) is 0 Å². The fraction of sp³-hybridized carbons (Fsp3) is 0.944. The maximum Gasteiger partial charge on any atom is 0.336 e. The molecule has 0 aliphatic heterocycles. The summed E-state index contributed by atoms with van der Waals surface area (Å²) in [5.41, 5.74) is 0. The van der Waals surface area contributed by atoms with E-state index >= 15 is 0 Å². The summed E-state index contributed by atoms with van der Waals surface area (Å²) in [7, 11) is 2.88. The van der Waals surface area contributed by atoms with E-state index in [2.05, 4.69) is 6.92 Å². The maximum absolute atomic E-state index is 11.3. The standard InChI is InChI=1S/C18H36O6/c1-5-7-8-9-10-11-12-13-14-16(17(19)20)23-24-18(21-3,22-4)15-6-2/h16H,5-15H2,1-4H3,(H,19,20). The topological polar surface area (TPSA) is 74.2 Å². The minimum Gasteiger partial charge on any atom is -0.479 e. The number of ether oxygens (including phenoxy) is 2. The average Bonchev–Trinajstić information content (AvgIpc) is 2.58. The first-order chi connectivity index (χ1) is 11.5. The van der Waals surface area contributed by atoms with Crippen LogP contribution in [0.2, 0.25) is 0 Å². The first-order valence-corrected chi connectivity index (χ1v) is 9.22. The average molecular weight is 348 g/mol. The Morgan fingerprint density at radius 3 is 1.92 bits per heavy atom. The van der Waals surface area contributed by atoms with Gasteiger partial charge in [-0.25, -0.2) is 9.68 Å². The molecule has 1 unspecified atom stereocenters. The van der Waals surface area contributed by atoms with E-state index < -0.39 is 18.0 Å². The van der Waals surface area contributed by atoms with E-state index in [0.29, 0.717) is 12.8 Å². The van der Waals surface area contributed by atoms with Gasteiger partial charge in [0.2, 0.25) is 0 Å². The van der Waals surface area contributed by atoms with Gasteiger partial charge in [0.1, 0.15) is 0 Å². The number of hydrogen-bond acceptors (Lipinski definition) is 5. The summed E-state index contributed by atoms with van der Waals surface area (Å²) < 4.78 is 10.4. The third kappa shape index (κ3) is 10.2. The van der Waals surface area contributed by atoms with Crippen molar-refractivity contribution in [2.75, 3.05) is 14.2 Å². The molecule has 0 radical (unpaired) electrons. The monoisotopic (exact) mass is 348 g/mol. The third-order valence-electron chi connectivity index (χ3n) is 4.06. The van der Waals surface area contributed by atoms with Gasteiger partial charge in [0.25, 0.3) is 0 Å². The van der Waals surface area contributed by atoms with E-state index in [4.69, 9.17) is 19.2 Å². The lowest BCUT2D eigenvalue weighted by Crippen LogP contribution is -2.39. The number of hydrogen-bond donors (Lipinski definition) is 1. The Bertz CT molecular complexity index is 304. The number of aliphatic carboxylic acids is 1. The van der Waals surface area contributed by atoms with Crippen LogP contribution in [0.3, 0.4) is 0 Å². The summed E-state index contributed by atoms with van der Waals surface area (Å²) in [4.78, 5) is 21.6. The summed E-state index contributed by atoms with van der Waals surface area (Å²) in [6.45, 7) is 4.15. The summed E-state index contributed by atoms with van der Waals surface area (Å²) in [5.74, 6) is -2.38. The Morgan fingerprint density at radius 1 is 0.917 bits per heavy atom. The molecule has 1 atom stereocenters. The summed E-state index contributed by atoms with van der Waals surface area (Å²) in [5, 5.41) is 9.26. The molecule has 0 spiro atoms. The Morgan fingerprint density at radius 2 is 1.46 bits per heavy atom. The predicted octanol–water partition coefficient (Wildman–Crippen LogP) is 4.67. The van der Waals surface area contributed by atoms with E-state index in [9.17, 15) is 9.90 Å². The largest absolute Gasteiger partial charge is 0.479 e. The molecule has 24 heavy (non-hydrogen) atoms. The van der Waals surface area contributed by atoms with Gasteiger partial charge in [-0.15, -0.1) is 0 Å². The fourth-order valence-electron chi connectivity index (χ4n) is 2.51. The normalized spacial score (nSPS) is 13.2. The Labute approximate surface area is 146 Å². The van der Waals surface area contributed by atoms with Crippen molar-refractivity contribution < 1.29 is 29.1 Å². The fourth-order valence-corrected chi connectivity index (χ4v) is 2.51. The van der Waals surface area contributed by atoms with Gasteiger partial charge in [-0.1, -0.05) is 65.2 Å². The predicted molar refractivity (Wildman–Crippen MR) is 92.5 cm³/mol. The van der Waals surface area contributed by atoms with Gasteiger partial charge >= 0.3 is 11.9 Å². The van der Waals surface area contributed by atoms with Crippen LogP contribution >= 0.6 is 0 Å². The number of unbranched alkanes of at least 4 members (excludes halogenated alkanes) is 7.